The summed E-state index contributed by atoms with van der Waals surface area (Å²) < 4.78 is 17.2. The van der Waals surface area contributed by atoms with E-state index in [1.165, 1.54) is 83.5 Å². The van der Waals surface area contributed by atoms with Gasteiger partial charge in [0.15, 0.2) is 12.1 Å². The summed E-state index contributed by atoms with van der Waals surface area (Å²) in [7, 11) is 5.50. The van der Waals surface area contributed by atoms with Crippen molar-refractivity contribution in [1.29, 1.82) is 0 Å². The van der Waals surface area contributed by atoms with E-state index in [1.807, 2.05) is 33.3 Å². The van der Waals surface area contributed by atoms with Gasteiger partial charge < -0.3 is 23.8 Å². The minimum Gasteiger partial charge on any atom is -0.477 e. The highest BCUT2D eigenvalue weighted by Gasteiger charge is 2.31. The molecule has 1 N–H and O–H groups in total. The van der Waals surface area contributed by atoms with Crippen molar-refractivity contribution in [3.8, 4) is 0 Å². The molecule has 0 aromatic heterocycles. The third-order valence-corrected chi connectivity index (χ3v) is 10.8. The zero-order chi connectivity index (χ0) is 46.3. The number of hydrogen-bond acceptors (Lipinski definition) is 6. The van der Waals surface area contributed by atoms with Crippen molar-refractivity contribution in [3.05, 3.63) is 85.1 Å². The van der Waals surface area contributed by atoms with Crippen molar-refractivity contribution in [3.63, 3.8) is 0 Å². The van der Waals surface area contributed by atoms with Gasteiger partial charge >= 0.3 is 17.9 Å². The molecule has 8 heteroatoms. The van der Waals surface area contributed by atoms with Crippen LogP contribution in [-0.2, 0) is 28.6 Å². The van der Waals surface area contributed by atoms with Crippen LogP contribution < -0.4 is 0 Å². The second-order valence-corrected chi connectivity index (χ2v) is 17.7. The van der Waals surface area contributed by atoms with Gasteiger partial charge in [0, 0.05) is 19.3 Å². The first-order valence-corrected chi connectivity index (χ1v) is 25.1. The fourth-order valence-electron chi connectivity index (χ4n) is 6.94. The second kappa shape index (κ2) is 45.1. The number of likely N-dealkylation sites (N-methyl/N-ethyl adjacent to an activating group) is 1. The Labute approximate surface area is 386 Å². The van der Waals surface area contributed by atoms with Crippen LogP contribution in [0.1, 0.15) is 194 Å². The Morgan fingerprint density at radius 2 is 0.921 bits per heavy atom. The van der Waals surface area contributed by atoms with Gasteiger partial charge in [-0.3, -0.25) is 9.59 Å². The van der Waals surface area contributed by atoms with Gasteiger partial charge in [0.2, 0.25) is 0 Å². The number of hydrogen-bond donors (Lipinski definition) is 1. The van der Waals surface area contributed by atoms with Crippen molar-refractivity contribution in [2.45, 2.75) is 206 Å². The van der Waals surface area contributed by atoms with Gasteiger partial charge in [-0.2, -0.15) is 0 Å². The zero-order valence-corrected chi connectivity index (χ0v) is 41.0. The SMILES string of the molecule is CC/C=C/C/C=C/C/C=C/C/C=C/C/C=C/CCC(=O)OCC(COCCC(C(=O)O)[N+](C)(C)C)OC(=O)CCCCCCCCC/C=C/C/C=C/CCCCCCCCCCC. The average Bonchev–Trinajstić information content (AvgIpc) is 3.24. The number of carbonyl (C=O) groups excluding carboxylic acids is 2. The van der Waals surface area contributed by atoms with Crippen LogP contribution in [0.2, 0.25) is 0 Å². The van der Waals surface area contributed by atoms with Crippen molar-refractivity contribution < 1.29 is 38.2 Å². The number of rotatable bonds is 44. The lowest BCUT2D eigenvalue weighted by Gasteiger charge is -2.31. The predicted octanol–water partition coefficient (Wildman–Crippen LogP) is 14.5. The summed E-state index contributed by atoms with van der Waals surface area (Å²) in [5.41, 5.74) is 0. The van der Waals surface area contributed by atoms with Crippen LogP contribution in [0.3, 0.4) is 0 Å². The van der Waals surface area contributed by atoms with Crippen molar-refractivity contribution in [2.24, 2.45) is 0 Å². The van der Waals surface area contributed by atoms with Gasteiger partial charge in [-0.1, -0.05) is 182 Å². The number of nitrogens with zero attached hydrogens (tertiary/aromatic N) is 1. The highest BCUT2D eigenvalue weighted by atomic mass is 16.6. The van der Waals surface area contributed by atoms with Crippen LogP contribution in [0.25, 0.3) is 0 Å². The first kappa shape index (κ1) is 59.5. The van der Waals surface area contributed by atoms with Crippen LogP contribution in [0, 0.1) is 0 Å². The molecule has 0 aliphatic rings. The predicted molar refractivity (Wildman–Crippen MR) is 266 cm³/mol. The Morgan fingerprint density at radius 1 is 0.492 bits per heavy atom. The minimum atomic E-state index is -0.888. The van der Waals surface area contributed by atoms with E-state index in [0.717, 1.165) is 70.6 Å². The smallest absolute Gasteiger partial charge is 0.362 e. The molecule has 0 heterocycles. The molecule has 0 aliphatic carbocycles. The molecule has 0 aromatic rings. The third-order valence-electron chi connectivity index (χ3n) is 10.8. The van der Waals surface area contributed by atoms with E-state index >= 15 is 0 Å². The number of allylic oxidation sites excluding steroid dienone is 14. The molecule has 0 spiro atoms. The van der Waals surface area contributed by atoms with Gasteiger partial charge in [0.1, 0.15) is 6.61 Å². The second-order valence-electron chi connectivity index (χ2n) is 17.7. The summed E-state index contributed by atoms with van der Waals surface area (Å²) >= 11 is 0. The molecule has 0 saturated carbocycles. The zero-order valence-electron chi connectivity index (χ0n) is 41.0. The maximum Gasteiger partial charge on any atom is 0.362 e. The normalized spacial score (nSPS) is 13.6. The van der Waals surface area contributed by atoms with E-state index < -0.39 is 18.1 Å². The van der Waals surface area contributed by atoms with Crippen molar-refractivity contribution in [1.82, 2.24) is 0 Å². The fourth-order valence-corrected chi connectivity index (χ4v) is 6.94. The third kappa shape index (κ3) is 43.5. The largest absolute Gasteiger partial charge is 0.477 e. The van der Waals surface area contributed by atoms with Crippen molar-refractivity contribution in [2.75, 3.05) is 41.0 Å². The summed E-state index contributed by atoms with van der Waals surface area (Å²) in [6, 6.07) is -0.631. The summed E-state index contributed by atoms with van der Waals surface area (Å²) in [6.07, 6.45) is 59.4. The number of quaternary nitrogens is 1. The van der Waals surface area contributed by atoms with E-state index in [9.17, 15) is 19.5 Å². The minimum absolute atomic E-state index is 0.0303. The molecule has 2 atom stereocenters. The quantitative estimate of drug-likeness (QED) is 0.0282. The maximum atomic E-state index is 12.8. The lowest BCUT2D eigenvalue weighted by atomic mass is 10.1. The van der Waals surface area contributed by atoms with E-state index in [2.05, 4.69) is 86.8 Å². The van der Waals surface area contributed by atoms with Crippen LogP contribution in [0.5, 0.6) is 0 Å². The molecular formula is C55H94NO7+. The molecule has 0 fully saturated rings. The summed E-state index contributed by atoms with van der Waals surface area (Å²) in [4.78, 5) is 37.1. The molecular weight excluding hydrogens is 787 g/mol. The van der Waals surface area contributed by atoms with E-state index in [-0.39, 0.29) is 42.7 Å². The lowest BCUT2D eigenvalue weighted by molar-refractivity contribution is -0.887. The van der Waals surface area contributed by atoms with Crippen LogP contribution in [-0.4, -0.2) is 80.6 Å². The highest BCUT2D eigenvalue weighted by molar-refractivity contribution is 5.72. The molecule has 0 aromatic carbocycles. The van der Waals surface area contributed by atoms with Gasteiger partial charge in [-0.25, -0.2) is 4.79 Å². The van der Waals surface area contributed by atoms with Gasteiger partial charge in [0.05, 0.1) is 34.4 Å². The molecule has 0 radical (unpaired) electrons. The molecule has 0 saturated heterocycles. The van der Waals surface area contributed by atoms with Gasteiger partial charge in [0.25, 0.3) is 0 Å². The standard InChI is InChI=1S/C55H93NO7/c1-6-8-10-12-14-16-18-20-22-24-25-26-27-28-29-30-32-34-36-38-40-42-44-46-54(58)63-51(49-61-48-47-52(55(59)60)56(3,4)5)50-62-53(57)45-43-41-39-37-35-33-31-23-21-19-17-15-13-11-9-7-2/h9,11,15,17,21,23,25-26,28-29,33,35,39,41,51-52H,6-8,10,12-14,16,18-20,22,24,27,30-32,34,36-38,40,42-50H2,1-5H3/p+1/b11-9+,17-15+,23-21+,26-25+,29-28+,35-33+,41-39+. The summed E-state index contributed by atoms with van der Waals surface area (Å²) in [6.45, 7) is 4.53. The van der Waals surface area contributed by atoms with Gasteiger partial charge in [-0.05, 0) is 77.0 Å². The highest BCUT2D eigenvalue weighted by Crippen LogP contribution is 2.14. The maximum absolute atomic E-state index is 12.8. The number of carboxylic acid groups (broad SMARTS) is 1. The summed E-state index contributed by atoms with van der Waals surface area (Å²) in [5.74, 6) is -1.59. The molecule has 2 unspecified atom stereocenters. The Hall–Kier alpha value is -3.49. The molecule has 0 rings (SSSR count). The van der Waals surface area contributed by atoms with E-state index in [4.69, 9.17) is 14.2 Å². The molecule has 8 nitrogen and oxygen atoms in total. The van der Waals surface area contributed by atoms with Crippen molar-refractivity contribution >= 4 is 17.9 Å². The number of carbonyl (C=O) groups is 3. The number of unbranched alkanes of at least 4 members (excludes halogenated alkanes) is 16. The monoisotopic (exact) mass is 881 g/mol. The topological polar surface area (TPSA) is 99.1 Å². The first-order valence-electron chi connectivity index (χ1n) is 25.1. The molecule has 63 heavy (non-hydrogen) atoms. The molecule has 360 valence electrons. The van der Waals surface area contributed by atoms with Crippen LogP contribution >= 0.6 is 0 Å². The average molecular weight is 881 g/mol. The number of aliphatic carboxylic acids is 1. The van der Waals surface area contributed by atoms with Crippen LogP contribution in [0.4, 0.5) is 0 Å². The number of carboxylic acids is 1. The van der Waals surface area contributed by atoms with Crippen LogP contribution in [0.15, 0.2) is 85.1 Å². The fraction of sp³-hybridized carbons (Fsp3) is 0.691. The lowest BCUT2D eigenvalue weighted by Crippen LogP contribution is -2.50. The Kier molecular flexibility index (Phi) is 42.6. The van der Waals surface area contributed by atoms with E-state index in [0.29, 0.717) is 19.3 Å². The number of esters is 2. The Bertz CT molecular complexity index is 1300. The van der Waals surface area contributed by atoms with Gasteiger partial charge in [-0.15, -0.1) is 0 Å². The summed E-state index contributed by atoms with van der Waals surface area (Å²) in [5, 5.41) is 9.64. The Balaban J connectivity index is 4.36. The number of ether oxygens (including phenoxy) is 3. The Morgan fingerprint density at radius 3 is 1.38 bits per heavy atom. The molecule has 0 amide bonds. The molecule has 0 aliphatic heterocycles. The van der Waals surface area contributed by atoms with E-state index in [1.54, 1.807) is 0 Å². The molecule has 0 bridgehead atoms. The first-order chi connectivity index (χ1) is 30.6.